The van der Waals surface area contributed by atoms with Crippen molar-refractivity contribution in [2.24, 2.45) is 0 Å². The van der Waals surface area contributed by atoms with E-state index in [1.165, 1.54) is 19.1 Å². The molecule has 0 aliphatic carbocycles. The van der Waals surface area contributed by atoms with Gasteiger partial charge in [0.15, 0.2) is 0 Å². The summed E-state index contributed by atoms with van der Waals surface area (Å²) in [6.45, 7) is 5.97. The summed E-state index contributed by atoms with van der Waals surface area (Å²) in [6.07, 6.45) is -5.99. The number of esters is 5. The van der Waals surface area contributed by atoms with Gasteiger partial charge in [0.2, 0.25) is 0 Å². The molecule has 1 aromatic rings. The van der Waals surface area contributed by atoms with E-state index in [4.69, 9.17) is 33.2 Å². The average molecular weight is 628 g/mol. The van der Waals surface area contributed by atoms with Crippen LogP contribution in [-0.4, -0.2) is 99.0 Å². The number of ether oxygens (including phenoxy) is 7. The van der Waals surface area contributed by atoms with Crippen LogP contribution in [0.5, 0.6) is 5.75 Å². The van der Waals surface area contributed by atoms with Gasteiger partial charge in [-0.3, -0.25) is 0 Å². The SMILES string of the molecule is CCOC(=O)C1=[Se]c2c(C=O)ccc(O[C@@H]3O[C@H](COC(C)=O)[C@H](OC(C)=O)[C@H](OC(C)=O)[C@H]3OC(C)=O)c2C1. The van der Waals surface area contributed by atoms with Crippen molar-refractivity contribution in [3.8, 4) is 5.75 Å². The molecule has 0 bridgehead atoms. The second kappa shape index (κ2) is 13.6. The van der Waals surface area contributed by atoms with Crippen LogP contribution in [0.4, 0.5) is 0 Å². The van der Waals surface area contributed by atoms with E-state index >= 15 is 0 Å². The van der Waals surface area contributed by atoms with Crippen molar-refractivity contribution in [2.45, 2.75) is 71.7 Å². The third-order valence-corrected chi connectivity index (χ3v) is 8.24. The van der Waals surface area contributed by atoms with Crippen LogP contribution >= 0.6 is 0 Å². The monoisotopic (exact) mass is 629 g/mol. The summed E-state index contributed by atoms with van der Waals surface area (Å²) >= 11 is -0.515. The van der Waals surface area contributed by atoms with E-state index in [9.17, 15) is 28.8 Å². The van der Waals surface area contributed by atoms with Crippen molar-refractivity contribution < 1.29 is 61.9 Å². The molecule has 0 amide bonds. The van der Waals surface area contributed by atoms with Crippen molar-refractivity contribution in [3.63, 3.8) is 0 Å². The quantitative estimate of drug-likeness (QED) is 0.142. The fourth-order valence-electron chi connectivity index (χ4n) is 4.17. The van der Waals surface area contributed by atoms with Crippen LogP contribution in [0.25, 0.3) is 0 Å². The van der Waals surface area contributed by atoms with Gasteiger partial charge in [-0.25, -0.2) is 0 Å². The first-order valence-electron chi connectivity index (χ1n) is 12.2. The summed E-state index contributed by atoms with van der Waals surface area (Å²) in [7, 11) is 0. The predicted molar refractivity (Wildman–Crippen MR) is 135 cm³/mol. The first-order chi connectivity index (χ1) is 18.9. The maximum absolute atomic E-state index is 12.4. The molecule has 1 saturated heterocycles. The first kappa shape index (κ1) is 30.9. The second-order valence-corrected chi connectivity index (χ2v) is 11.0. The molecule has 0 saturated carbocycles. The number of carbonyl (C=O) groups excluding carboxylic acids is 6. The molecule has 217 valence electrons. The summed E-state index contributed by atoms with van der Waals surface area (Å²) in [4.78, 5) is 71.7. The van der Waals surface area contributed by atoms with E-state index in [-0.39, 0.29) is 18.8 Å². The van der Waals surface area contributed by atoms with Crippen LogP contribution < -0.4 is 9.20 Å². The van der Waals surface area contributed by atoms with Gasteiger partial charge in [0.05, 0.1) is 0 Å². The van der Waals surface area contributed by atoms with Crippen molar-refractivity contribution in [2.75, 3.05) is 13.2 Å². The van der Waals surface area contributed by atoms with Gasteiger partial charge in [-0.1, -0.05) is 0 Å². The minimum atomic E-state index is -1.45. The van der Waals surface area contributed by atoms with Gasteiger partial charge in [-0.15, -0.1) is 0 Å². The molecule has 1 fully saturated rings. The standard InChI is InChI=1S/C26H29O13Se/c1-6-33-25(32)20-9-17-18(8-7-16(10-27)24(17)40-20)38-26-23(37-15(5)31)22(36-14(4)30)21(35-13(3)29)19(39-26)11-34-12(2)28/h7-8,10,19,21-23,26H,6,9,11H2,1-5H3/t19-,21+,22+,23-,26-/m1/s1. The Balaban J connectivity index is 2.04. The molecule has 0 aromatic heterocycles. The van der Waals surface area contributed by atoms with Crippen LogP contribution in [-0.2, 0) is 58.8 Å². The van der Waals surface area contributed by atoms with E-state index in [0.29, 0.717) is 26.3 Å². The summed E-state index contributed by atoms with van der Waals surface area (Å²) in [5.41, 5.74) is 0.920. The average Bonchev–Trinajstić information content (AvgIpc) is 3.32. The molecule has 2 aliphatic heterocycles. The second-order valence-electron chi connectivity index (χ2n) is 8.69. The van der Waals surface area contributed by atoms with E-state index in [2.05, 4.69) is 0 Å². The van der Waals surface area contributed by atoms with Gasteiger partial charge in [0.1, 0.15) is 0 Å². The van der Waals surface area contributed by atoms with Crippen molar-refractivity contribution in [1.29, 1.82) is 0 Å². The zero-order chi connectivity index (χ0) is 29.6. The molecule has 13 nitrogen and oxygen atoms in total. The van der Waals surface area contributed by atoms with Crippen LogP contribution in [0.3, 0.4) is 0 Å². The van der Waals surface area contributed by atoms with Gasteiger partial charge in [-0.05, 0) is 0 Å². The number of rotatable bonds is 10. The normalized spacial score (nSPS) is 23.1. The molecular weight excluding hydrogens is 599 g/mol. The third-order valence-electron chi connectivity index (χ3n) is 5.63. The Morgan fingerprint density at radius 1 is 0.900 bits per heavy atom. The molecule has 2 heterocycles. The Hall–Kier alpha value is -3.61. The maximum atomic E-state index is 12.4. The molecule has 40 heavy (non-hydrogen) atoms. The number of benzene rings is 1. The molecule has 2 aliphatic rings. The minimum absolute atomic E-state index is 0.149. The summed E-state index contributed by atoms with van der Waals surface area (Å²) in [6, 6.07) is 3.02. The van der Waals surface area contributed by atoms with Crippen molar-refractivity contribution in [1.82, 2.24) is 0 Å². The zero-order valence-corrected chi connectivity index (χ0v) is 24.2. The van der Waals surface area contributed by atoms with E-state index in [0.717, 1.165) is 20.8 Å². The Kier molecular flexibility index (Phi) is 10.5. The molecule has 0 unspecified atom stereocenters. The Labute approximate surface area is 235 Å². The Morgan fingerprint density at radius 3 is 2.10 bits per heavy atom. The number of hydrogen-bond acceptors (Lipinski definition) is 13. The van der Waals surface area contributed by atoms with Gasteiger partial charge in [0.25, 0.3) is 0 Å². The summed E-state index contributed by atoms with van der Waals surface area (Å²) in [5.74, 6) is -3.23. The van der Waals surface area contributed by atoms with Gasteiger partial charge in [-0.2, -0.15) is 0 Å². The molecule has 0 N–H and O–H groups in total. The fourth-order valence-corrected chi connectivity index (χ4v) is 6.55. The predicted octanol–water partition coefficient (Wildman–Crippen LogP) is -0.418. The Bertz CT molecular complexity index is 1220. The fraction of sp³-hybridized carbons (Fsp3) is 0.500. The zero-order valence-electron chi connectivity index (χ0n) is 22.5. The molecule has 1 radical (unpaired) electrons. The molecule has 14 heteroatoms. The Morgan fingerprint density at radius 2 is 1.52 bits per heavy atom. The van der Waals surface area contributed by atoms with Crippen LogP contribution in [0.2, 0.25) is 0 Å². The van der Waals surface area contributed by atoms with E-state index < -0.39 is 81.7 Å². The van der Waals surface area contributed by atoms with Crippen molar-refractivity contribution in [3.05, 3.63) is 23.3 Å². The summed E-state index contributed by atoms with van der Waals surface area (Å²) < 4.78 is 39.7. The summed E-state index contributed by atoms with van der Waals surface area (Å²) in [5, 5.41) is 0. The van der Waals surface area contributed by atoms with Gasteiger partial charge < -0.3 is 0 Å². The van der Waals surface area contributed by atoms with Crippen LogP contribution in [0.1, 0.15) is 50.5 Å². The molecule has 5 atom stereocenters. The molecular formula is C26H29O13Se. The molecule has 0 spiro atoms. The van der Waals surface area contributed by atoms with Crippen LogP contribution in [0, 0.1) is 0 Å². The van der Waals surface area contributed by atoms with Crippen LogP contribution in [0.15, 0.2) is 12.1 Å². The number of fused-ring (bicyclic) bond motifs is 1. The molecule has 3 rings (SSSR count). The number of hydrogen-bond donors (Lipinski definition) is 0. The van der Waals surface area contributed by atoms with E-state index in [1.807, 2.05) is 0 Å². The molecule has 1 aromatic carbocycles. The third kappa shape index (κ3) is 7.52. The van der Waals surface area contributed by atoms with E-state index in [1.54, 1.807) is 6.92 Å². The van der Waals surface area contributed by atoms with Gasteiger partial charge in [0, 0.05) is 0 Å². The number of aldehydes is 1. The van der Waals surface area contributed by atoms with Crippen molar-refractivity contribution >= 4 is 59.5 Å². The number of carbonyl (C=O) groups is 6. The first-order valence-corrected chi connectivity index (χ1v) is 13.9. The van der Waals surface area contributed by atoms with Gasteiger partial charge >= 0.3 is 235 Å². The topological polar surface area (TPSA) is 167 Å².